The van der Waals surface area contributed by atoms with Crippen molar-refractivity contribution in [2.45, 2.75) is 37.4 Å². The van der Waals surface area contributed by atoms with Crippen molar-refractivity contribution in [2.75, 3.05) is 18.5 Å². The molecule has 9 nitrogen and oxygen atoms in total. The lowest BCUT2D eigenvalue weighted by Crippen LogP contribution is -2.39. The number of ether oxygens (including phenoxy) is 1. The van der Waals surface area contributed by atoms with Crippen molar-refractivity contribution in [1.82, 2.24) is 15.1 Å². The minimum Gasteiger partial charge on any atom is -0.376 e. The molecule has 0 radical (unpaired) electrons. The molecule has 0 saturated carbocycles. The zero-order valence-corrected chi connectivity index (χ0v) is 16.8. The summed E-state index contributed by atoms with van der Waals surface area (Å²) in [6.45, 7) is 2.80. The summed E-state index contributed by atoms with van der Waals surface area (Å²) in [4.78, 5) is 24.7. The third-order valence-corrected chi connectivity index (χ3v) is 6.53. The highest BCUT2D eigenvalue weighted by molar-refractivity contribution is 7.90. The second-order valence-corrected chi connectivity index (χ2v) is 9.37. The van der Waals surface area contributed by atoms with Crippen LogP contribution in [0.5, 0.6) is 0 Å². The number of sulfone groups is 1. The van der Waals surface area contributed by atoms with E-state index in [1.54, 1.807) is 0 Å². The van der Waals surface area contributed by atoms with E-state index in [1.165, 1.54) is 4.68 Å². The molecule has 2 aliphatic heterocycles. The average molecular weight is 418 g/mol. The number of carbonyl (C=O) groups excluding carboxylic acids is 2. The van der Waals surface area contributed by atoms with Gasteiger partial charge in [-0.05, 0) is 31.4 Å². The first-order valence-corrected chi connectivity index (χ1v) is 11.2. The minimum atomic E-state index is -3.32. The maximum atomic E-state index is 12.5. The molecule has 3 heterocycles. The van der Waals surface area contributed by atoms with Gasteiger partial charge < -0.3 is 15.4 Å². The Bertz CT molecular complexity index is 1070. The second kappa shape index (κ2) is 7.60. The lowest BCUT2D eigenvalue weighted by Gasteiger charge is -2.14. The van der Waals surface area contributed by atoms with Gasteiger partial charge in [0.05, 0.1) is 29.0 Å². The van der Waals surface area contributed by atoms with E-state index in [-0.39, 0.29) is 30.0 Å². The van der Waals surface area contributed by atoms with Gasteiger partial charge in [0.1, 0.15) is 5.82 Å². The molecule has 1 saturated heterocycles. The van der Waals surface area contributed by atoms with E-state index in [9.17, 15) is 18.0 Å². The van der Waals surface area contributed by atoms with E-state index in [0.29, 0.717) is 23.6 Å². The maximum Gasteiger partial charge on any atom is 0.314 e. The normalized spacial score (nSPS) is 19.7. The van der Waals surface area contributed by atoms with Crippen LogP contribution in [-0.4, -0.2) is 49.3 Å². The highest BCUT2D eigenvalue weighted by Crippen LogP contribution is 2.33. The number of para-hydroxylation sites is 1. The number of rotatable bonds is 4. The molecule has 1 aromatic heterocycles. The van der Waals surface area contributed by atoms with Gasteiger partial charge in [-0.1, -0.05) is 18.2 Å². The molecule has 0 spiro atoms. The number of hydrogen-bond donors (Lipinski definition) is 2. The standard InChI is InChI=1S/C19H22N4O5S/c1-12-5-2-3-7-16(12)23-17(14-10-29(26,27)11-15(14)22-23)21-19(25)18(24)20-9-13-6-4-8-28-13/h2-3,5,7,13H,4,6,8-11H2,1H3,(H,20,24)(H,21,25). The summed E-state index contributed by atoms with van der Waals surface area (Å²) in [6, 6.07) is 7.40. The minimum absolute atomic E-state index is 0.0846. The Balaban J connectivity index is 1.59. The van der Waals surface area contributed by atoms with Gasteiger partial charge in [-0.2, -0.15) is 5.10 Å². The van der Waals surface area contributed by atoms with Crippen molar-refractivity contribution in [3.63, 3.8) is 0 Å². The van der Waals surface area contributed by atoms with Gasteiger partial charge in [-0.15, -0.1) is 0 Å². The molecule has 10 heteroatoms. The highest BCUT2D eigenvalue weighted by Gasteiger charge is 2.34. The van der Waals surface area contributed by atoms with E-state index in [2.05, 4.69) is 15.7 Å². The molecule has 154 valence electrons. The maximum absolute atomic E-state index is 12.5. The Morgan fingerprint density at radius 1 is 1.24 bits per heavy atom. The van der Waals surface area contributed by atoms with Crippen LogP contribution < -0.4 is 10.6 Å². The van der Waals surface area contributed by atoms with E-state index in [4.69, 9.17) is 4.74 Å². The first-order valence-electron chi connectivity index (χ1n) is 9.42. The molecule has 2 aliphatic rings. The zero-order chi connectivity index (χ0) is 20.6. The van der Waals surface area contributed by atoms with Crippen LogP contribution in [0, 0.1) is 6.92 Å². The molecule has 1 unspecified atom stereocenters. The molecule has 4 rings (SSSR count). The van der Waals surface area contributed by atoms with Gasteiger partial charge in [-0.25, -0.2) is 13.1 Å². The van der Waals surface area contributed by atoms with E-state index < -0.39 is 21.7 Å². The van der Waals surface area contributed by atoms with Crippen molar-refractivity contribution >= 4 is 27.5 Å². The van der Waals surface area contributed by atoms with Crippen molar-refractivity contribution in [3.8, 4) is 5.69 Å². The molecule has 1 aromatic carbocycles. The molecule has 2 N–H and O–H groups in total. The third kappa shape index (κ3) is 4.03. The number of fused-ring (bicyclic) bond motifs is 1. The third-order valence-electron chi connectivity index (χ3n) is 5.08. The van der Waals surface area contributed by atoms with Crippen LogP contribution in [0.25, 0.3) is 5.69 Å². The van der Waals surface area contributed by atoms with Crippen LogP contribution in [-0.2, 0) is 35.7 Å². The number of nitrogens with zero attached hydrogens (tertiary/aromatic N) is 2. The molecule has 29 heavy (non-hydrogen) atoms. The van der Waals surface area contributed by atoms with Gasteiger partial charge in [-0.3, -0.25) is 9.59 Å². The van der Waals surface area contributed by atoms with Crippen LogP contribution in [0.1, 0.15) is 29.7 Å². The first-order chi connectivity index (χ1) is 13.8. The number of nitrogens with one attached hydrogen (secondary N) is 2. The molecule has 1 fully saturated rings. The van der Waals surface area contributed by atoms with Gasteiger partial charge >= 0.3 is 11.8 Å². The zero-order valence-electron chi connectivity index (χ0n) is 16.0. The summed E-state index contributed by atoms with van der Waals surface area (Å²) in [6.07, 6.45) is 1.69. The largest absolute Gasteiger partial charge is 0.376 e. The molecule has 0 bridgehead atoms. The molecular weight excluding hydrogens is 396 g/mol. The number of amides is 2. The summed E-state index contributed by atoms with van der Waals surface area (Å²) in [5, 5.41) is 9.55. The van der Waals surface area contributed by atoms with Gasteiger partial charge in [0.25, 0.3) is 0 Å². The highest BCUT2D eigenvalue weighted by atomic mass is 32.2. The average Bonchev–Trinajstić information content (AvgIpc) is 3.36. The monoisotopic (exact) mass is 418 g/mol. The first kappa shape index (κ1) is 19.6. The molecule has 2 aromatic rings. The summed E-state index contributed by atoms with van der Waals surface area (Å²) in [5.41, 5.74) is 2.42. The number of aromatic nitrogens is 2. The van der Waals surface area contributed by atoms with Crippen LogP contribution >= 0.6 is 0 Å². The van der Waals surface area contributed by atoms with Crippen LogP contribution in [0.15, 0.2) is 24.3 Å². The number of hydrogen-bond acceptors (Lipinski definition) is 6. The molecule has 1 atom stereocenters. The van der Waals surface area contributed by atoms with Crippen LogP contribution in [0.4, 0.5) is 5.82 Å². The van der Waals surface area contributed by atoms with Crippen molar-refractivity contribution in [1.29, 1.82) is 0 Å². The summed E-state index contributed by atoms with van der Waals surface area (Å²) < 4.78 is 31.0. The van der Waals surface area contributed by atoms with Crippen LogP contribution in [0.2, 0.25) is 0 Å². The predicted molar refractivity (Wildman–Crippen MR) is 105 cm³/mol. The Labute approximate surface area is 168 Å². The number of anilines is 1. The predicted octanol–water partition coefficient (Wildman–Crippen LogP) is 0.843. The van der Waals surface area contributed by atoms with Crippen LogP contribution in [0.3, 0.4) is 0 Å². The lowest BCUT2D eigenvalue weighted by molar-refractivity contribution is -0.136. The lowest BCUT2D eigenvalue weighted by atomic mass is 10.2. The summed E-state index contributed by atoms with van der Waals surface area (Å²) in [5.74, 6) is -1.86. The quantitative estimate of drug-likeness (QED) is 0.710. The second-order valence-electron chi connectivity index (χ2n) is 7.30. The SMILES string of the molecule is Cc1ccccc1-n1nc2c(c1NC(=O)C(=O)NCC1CCCO1)CS(=O)(=O)C2. The fraction of sp³-hybridized carbons (Fsp3) is 0.421. The van der Waals surface area contributed by atoms with E-state index in [0.717, 1.165) is 18.4 Å². The Morgan fingerprint density at radius 3 is 2.76 bits per heavy atom. The van der Waals surface area contributed by atoms with Crippen molar-refractivity contribution in [2.24, 2.45) is 0 Å². The fourth-order valence-corrected chi connectivity index (χ4v) is 5.10. The number of aryl methyl sites for hydroxylation is 1. The number of carbonyl (C=O) groups is 2. The molecule has 0 aliphatic carbocycles. The Kier molecular flexibility index (Phi) is 5.13. The number of benzene rings is 1. The van der Waals surface area contributed by atoms with E-state index in [1.807, 2.05) is 31.2 Å². The molecule has 2 amide bonds. The smallest absolute Gasteiger partial charge is 0.314 e. The summed E-state index contributed by atoms with van der Waals surface area (Å²) >= 11 is 0. The Hall–Kier alpha value is -2.72. The van der Waals surface area contributed by atoms with Crippen molar-refractivity contribution in [3.05, 3.63) is 41.1 Å². The molecular formula is C19H22N4O5S. The van der Waals surface area contributed by atoms with Crippen molar-refractivity contribution < 1.29 is 22.7 Å². The Morgan fingerprint density at radius 2 is 2.03 bits per heavy atom. The summed E-state index contributed by atoms with van der Waals surface area (Å²) in [7, 11) is -3.32. The van der Waals surface area contributed by atoms with Gasteiger partial charge in [0, 0.05) is 18.7 Å². The van der Waals surface area contributed by atoms with Gasteiger partial charge in [0.2, 0.25) is 0 Å². The van der Waals surface area contributed by atoms with Gasteiger partial charge in [0.15, 0.2) is 9.84 Å². The van der Waals surface area contributed by atoms with E-state index >= 15 is 0 Å². The topological polar surface area (TPSA) is 119 Å². The fourth-order valence-electron chi connectivity index (χ4n) is 3.60.